The van der Waals surface area contributed by atoms with Crippen LogP contribution in [0.15, 0.2) is 11.3 Å². The molecule has 0 aromatic carbocycles. The SMILES string of the molecule is CC1=C2C(=O)C3CCCCC3C2NC2CCCCC2N1. The van der Waals surface area contributed by atoms with Crippen LogP contribution in [-0.4, -0.2) is 23.9 Å². The fraction of sp³-hybridized carbons (Fsp3) is 0.824. The summed E-state index contributed by atoms with van der Waals surface area (Å²) in [6.07, 6.45) is 10.1. The minimum absolute atomic E-state index is 0.313. The van der Waals surface area contributed by atoms with Crippen molar-refractivity contribution in [2.75, 3.05) is 0 Å². The summed E-state index contributed by atoms with van der Waals surface area (Å²) in [5.41, 5.74) is 2.28. The molecule has 0 bridgehead atoms. The van der Waals surface area contributed by atoms with Gasteiger partial charge in [0.05, 0.1) is 0 Å². The quantitative estimate of drug-likeness (QED) is 0.713. The predicted molar refractivity (Wildman–Crippen MR) is 79.3 cm³/mol. The molecule has 110 valence electrons. The van der Waals surface area contributed by atoms with Crippen molar-refractivity contribution in [1.82, 2.24) is 10.6 Å². The Kier molecular flexibility index (Phi) is 3.13. The lowest BCUT2D eigenvalue weighted by molar-refractivity contribution is -0.119. The molecule has 1 heterocycles. The third-order valence-corrected chi connectivity index (χ3v) is 6.13. The van der Waals surface area contributed by atoms with Gasteiger partial charge in [-0.15, -0.1) is 0 Å². The molecule has 3 heteroatoms. The van der Waals surface area contributed by atoms with Crippen LogP contribution in [-0.2, 0) is 4.79 Å². The molecule has 5 unspecified atom stereocenters. The lowest BCUT2D eigenvalue weighted by Gasteiger charge is -2.35. The van der Waals surface area contributed by atoms with Gasteiger partial charge in [0.15, 0.2) is 5.78 Å². The highest BCUT2D eigenvalue weighted by Crippen LogP contribution is 2.45. The second kappa shape index (κ2) is 4.87. The van der Waals surface area contributed by atoms with Crippen molar-refractivity contribution in [2.24, 2.45) is 11.8 Å². The molecule has 1 aliphatic heterocycles. The zero-order chi connectivity index (χ0) is 13.7. The van der Waals surface area contributed by atoms with Crippen LogP contribution in [0.3, 0.4) is 0 Å². The van der Waals surface area contributed by atoms with Gasteiger partial charge in [0.2, 0.25) is 0 Å². The monoisotopic (exact) mass is 274 g/mol. The lowest BCUT2D eigenvalue weighted by atomic mass is 9.79. The van der Waals surface area contributed by atoms with Crippen molar-refractivity contribution >= 4 is 5.78 Å². The first-order valence-corrected chi connectivity index (χ1v) is 8.53. The highest BCUT2D eigenvalue weighted by Gasteiger charge is 2.50. The average molecular weight is 274 g/mol. The van der Waals surface area contributed by atoms with E-state index in [0.29, 0.717) is 35.7 Å². The molecule has 0 aromatic heterocycles. The largest absolute Gasteiger partial charge is 0.384 e. The number of carbonyl (C=O) groups excluding carboxylic acids is 1. The average Bonchev–Trinajstić information content (AvgIpc) is 2.65. The second-order valence-electron chi connectivity index (χ2n) is 7.24. The third-order valence-electron chi connectivity index (χ3n) is 6.13. The first-order chi connectivity index (χ1) is 9.75. The molecule has 0 saturated heterocycles. The van der Waals surface area contributed by atoms with Crippen molar-refractivity contribution in [1.29, 1.82) is 0 Å². The molecule has 3 fully saturated rings. The Labute approximate surface area is 121 Å². The number of ketones is 1. The Hall–Kier alpha value is -0.830. The topological polar surface area (TPSA) is 41.1 Å². The Morgan fingerprint density at radius 1 is 0.950 bits per heavy atom. The van der Waals surface area contributed by atoms with E-state index in [1.807, 2.05) is 0 Å². The van der Waals surface area contributed by atoms with Gasteiger partial charge in [-0.25, -0.2) is 0 Å². The van der Waals surface area contributed by atoms with Crippen LogP contribution in [0.1, 0.15) is 58.3 Å². The van der Waals surface area contributed by atoms with Crippen molar-refractivity contribution < 1.29 is 4.79 Å². The van der Waals surface area contributed by atoms with E-state index in [9.17, 15) is 4.79 Å². The van der Waals surface area contributed by atoms with Gasteiger partial charge in [-0.05, 0) is 38.5 Å². The van der Waals surface area contributed by atoms with Crippen LogP contribution in [0.4, 0.5) is 0 Å². The maximum absolute atomic E-state index is 12.8. The van der Waals surface area contributed by atoms with E-state index in [-0.39, 0.29) is 0 Å². The summed E-state index contributed by atoms with van der Waals surface area (Å²) in [6, 6.07) is 1.44. The molecular weight excluding hydrogens is 248 g/mol. The first-order valence-electron chi connectivity index (χ1n) is 8.53. The van der Waals surface area contributed by atoms with Crippen molar-refractivity contribution in [2.45, 2.75) is 76.4 Å². The second-order valence-corrected chi connectivity index (χ2v) is 7.24. The van der Waals surface area contributed by atoms with Crippen LogP contribution < -0.4 is 10.6 Å². The van der Waals surface area contributed by atoms with Gasteiger partial charge >= 0.3 is 0 Å². The molecule has 4 rings (SSSR count). The Balaban J connectivity index is 1.70. The molecule has 3 aliphatic carbocycles. The number of fused-ring (bicyclic) bond motifs is 4. The van der Waals surface area contributed by atoms with Gasteiger partial charge in [0, 0.05) is 35.3 Å². The summed E-state index contributed by atoms with van der Waals surface area (Å²) in [6.45, 7) is 2.14. The molecule has 2 N–H and O–H groups in total. The van der Waals surface area contributed by atoms with Gasteiger partial charge in [0.1, 0.15) is 0 Å². The van der Waals surface area contributed by atoms with Gasteiger partial charge < -0.3 is 10.6 Å². The highest BCUT2D eigenvalue weighted by molar-refractivity contribution is 6.02. The molecule has 3 saturated carbocycles. The number of carbonyl (C=O) groups is 1. The van der Waals surface area contributed by atoms with Crippen molar-refractivity contribution in [3.63, 3.8) is 0 Å². The Bertz CT molecular complexity index is 456. The summed E-state index contributed by atoms with van der Waals surface area (Å²) in [4.78, 5) is 12.8. The molecule has 3 nitrogen and oxygen atoms in total. The maximum Gasteiger partial charge on any atom is 0.165 e. The van der Waals surface area contributed by atoms with Crippen LogP contribution in [0.5, 0.6) is 0 Å². The molecule has 4 aliphatic rings. The van der Waals surface area contributed by atoms with Crippen LogP contribution in [0, 0.1) is 11.8 Å². The van der Waals surface area contributed by atoms with Crippen LogP contribution in [0.2, 0.25) is 0 Å². The van der Waals surface area contributed by atoms with E-state index in [1.54, 1.807) is 0 Å². The molecule has 20 heavy (non-hydrogen) atoms. The van der Waals surface area contributed by atoms with E-state index in [4.69, 9.17) is 0 Å². The maximum atomic E-state index is 12.8. The molecule has 0 amide bonds. The van der Waals surface area contributed by atoms with Crippen LogP contribution in [0.25, 0.3) is 0 Å². The standard InChI is InChI=1S/C17H26N2O/c1-10-15-16(11-6-2-3-7-12(11)17(15)20)19-14-9-5-4-8-13(14)18-10/h11-14,16,18-19H,2-9H2,1H3. The number of Topliss-reactive ketones (excluding diaryl/α,β-unsaturated/α-hetero) is 1. The molecule has 0 aromatic rings. The van der Waals surface area contributed by atoms with Gasteiger partial charge in [-0.2, -0.15) is 0 Å². The number of allylic oxidation sites excluding steroid dienone is 1. The van der Waals surface area contributed by atoms with E-state index in [0.717, 1.165) is 12.0 Å². The zero-order valence-corrected chi connectivity index (χ0v) is 12.5. The first kappa shape index (κ1) is 12.9. The molecule has 0 radical (unpaired) electrons. The molecule has 0 spiro atoms. The summed E-state index contributed by atoms with van der Waals surface area (Å²) in [5.74, 6) is 1.34. The summed E-state index contributed by atoms with van der Waals surface area (Å²) in [5, 5.41) is 7.59. The number of nitrogens with one attached hydrogen (secondary N) is 2. The summed E-state index contributed by atoms with van der Waals surface area (Å²) in [7, 11) is 0. The van der Waals surface area contributed by atoms with Gasteiger partial charge in [0.25, 0.3) is 0 Å². The fourth-order valence-corrected chi connectivity index (χ4v) is 5.17. The van der Waals surface area contributed by atoms with E-state index in [1.165, 1.54) is 50.6 Å². The summed E-state index contributed by atoms with van der Waals surface area (Å²) >= 11 is 0. The summed E-state index contributed by atoms with van der Waals surface area (Å²) < 4.78 is 0. The Morgan fingerprint density at radius 2 is 1.65 bits per heavy atom. The van der Waals surface area contributed by atoms with E-state index >= 15 is 0 Å². The fourth-order valence-electron chi connectivity index (χ4n) is 5.17. The number of hydrogen-bond donors (Lipinski definition) is 2. The minimum Gasteiger partial charge on any atom is -0.384 e. The minimum atomic E-state index is 0.313. The smallest absolute Gasteiger partial charge is 0.165 e. The van der Waals surface area contributed by atoms with Gasteiger partial charge in [-0.1, -0.05) is 25.7 Å². The van der Waals surface area contributed by atoms with Crippen molar-refractivity contribution in [3.05, 3.63) is 11.3 Å². The predicted octanol–water partition coefficient (Wildman–Crippen LogP) is 2.52. The number of rotatable bonds is 0. The molecular formula is C17H26N2O. The van der Waals surface area contributed by atoms with Gasteiger partial charge in [-0.3, -0.25) is 4.79 Å². The van der Waals surface area contributed by atoms with E-state index in [2.05, 4.69) is 17.6 Å². The van der Waals surface area contributed by atoms with E-state index < -0.39 is 0 Å². The Morgan fingerprint density at radius 3 is 2.50 bits per heavy atom. The molecule has 5 atom stereocenters. The van der Waals surface area contributed by atoms with Crippen LogP contribution >= 0.6 is 0 Å². The third kappa shape index (κ3) is 1.86. The van der Waals surface area contributed by atoms with Crippen molar-refractivity contribution in [3.8, 4) is 0 Å². The lowest BCUT2D eigenvalue weighted by Crippen LogP contribution is -2.51. The number of hydrogen-bond acceptors (Lipinski definition) is 3. The highest BCUT2D eigenvalue weighted by atomic mass is 16.1. The zero-order valence-electron chi connectivity index (χ0n) is 12.5. The normalized spacial score (nSPS) is 44.2.